The quantitative estimate of drug-likeness (QED) is 0.338. The van der Waals surface area contributed by atoms with Gasteiger partial charge in [-0.15, -0.1) is 6.58 Å². The van der Waals surface area contributed by atoms with Gasteiger partial charge in [0.2, 0.25) is 0 Å². The lowest BCUT2D eigenvalue weighted by Crippen LogP contribution is -2.28. The third kappa shape index (κ3) is 4.77. The van der Waals surface area contributed by atoms with Crippen LogP contribution in [0.5, 0.6) is 0 Å². The molecule has 0 radical (unpaired) electrons. The Labute approximate surface area is 89.9 Å². The summed E-state index contributed by atoms with van der Waals surface area (Å²) in [5.74, 6) is 0. The van der Waals surface area contributed by atoms with Crippen molar-refractivity contribution in [1.82, 2.24) is 0 Å². The molecule has 0 spiro atoms. The van der Waals surface area contributed by atoms with E-state index in [0.29, 0.717) is 6.61 Å². The molecule has 0 aliphatic carbocycles. The fourth-order valence-corrected chi connectivity index (χ4v) is 4.42. The van der Waals surface area contributed by atoms with E-state index in [1.807, 2.05) is 0 Å². The normalized spacial score (nSPS) is 12.2. The van der Waals surface area contributed by atoms with Crippen molar-refractivity contribution in [3.63, 3.8) is 0 Å². The molecule has 1 nitrogen and oxygen atoms in total. The zero-order valence-corrected chi connectivity index (χ0v) is 10.9. The predicted molar refractivity (Wildman–Crippen MR) is 67.4 cm³/mol. The fraction of sp³-hybridized carbons (Fsp3) is 0.667. The van der Waals surface area contributed by atoms with Gasteiger partial charge in [0, 0.05) is 0 Å². The highest BCUT2D eigenvalue weighted by molar-refractivity contribution is 6.84. The SMILES string of the molecule is C=CCOC/C=C/[Si](CC)(CC)CC. The zero-order chi connectivity index (χ0) is 10.9. The van der Waals surface area contributed by atoms with Crippen LogP contribution >= 0.6 is 0 Å². The van der Waals surface area contributed by atoms with Crippen molar-refractivity contribution in [2.75, 3.05) is 13.2 Å². The minimum atomic E-state index is -1.06. The molecular weight excluding hydrogens is 188 g/mol. The number of hydrogen-bond donors (Lipinski definition) is 0. The second-order valence-electron chi connectivity index (χ2n) is 3.65. The van der Waals surface area contributed by atoms with Gasteiger partial charge in [-0.25, -0.2) is 0 Å². The highest BCUT2D eigenvalue weighted by Gasteiger charge is 2.22. The van der Waals surface area contributed by atoms with Crippen LogP contribution in [-0.4, -0.2) is 21.3 Å². The second-order valence-corrected chi connectivity index (χ2v) is 8.83. The molecule has 0 fully saturated rings. The molecule has 0 atom stereocenters. The lowest BCUT2D eigenvalue weighted by molar-refractivity contribution is 0.194. The highest BCUT2D eigenvalue weighted by atomic mass is 28.3. The lowest BCUT2D eigenvalue weighted by atomic mass is 10.6. The predicted octanol–water partition coefficient (Wildman–Crippen LogP) is 3.79. The fourth-order valence-electron chi connectivity index (χ4n) is 1.62. The van der Waals surface area contributed by atoms with E-state index in [-0.39, 0.29) is 0 Å². The summed E-state index contributed by atoms with van der Waals surface area (Å²) in [4.78, 5) is 0. The van der Waals surface area contributed by atoms with E-state index in [0.717, 1.165) is 6.61 Å². The molecule has 0 amide bonds. The molecule has 0 aromatic rings. The number of rotatable bonds is 8. The Morgan fingerprint density at radius 2 is 1.64 bits per heavy atom. The van der Waals surface area contributed by atoms with Gasteiger partial charge in [0.15, 0.2) is 0 Å². The van der Waals surface area contributed by atoms with Gasteiger partial charge in [0.25, 0.3) is 0 Å². The molecule has 0 unspecified atom stereocenters. The molecule has 0 N–H and O–H groups in total. The standard InChI is InChI=1S/C12H24OSi/c1-5-10-13-11-9-12-14(6-2,7-3)8-4/h5,9,12H,1,6-8,10-11H2,2-4H3/b12-9+. The Kier molecular flexibility index (Phi) is 7.81. The maximum Gasteiger partial charge on any atom is 0.0767 e. The molecule has 0 aliphatic heterocycles. The Morgan fingerprint density at radius 3 is 2.07 bits per heavy atom. The summed E-state index contributed by atoms with van der Waals surface area (Å²) in [6.07, 6.45) is 3.99. The lowest BCUT2D eigenvalue weighted by Gasteiger charge is -2.23. The molecule has 14 heavy (non-hydrogen) atoms. The summed E-state index contributed by atoms with van der Waals surface area (Å²) >= 11 is 0. The summed E-state index contributed by atoms with van der Waals surface area (Å²) in [6.45, 7) is 11.9. The maximum absolute atomic E-state index is 5.33. The van der Waals surface area contributed by atoms with Crippen LogP contribution in [-0.2, 0) is 4.74 Å². The van der Waals surface area contributed by atoms with E-state index in [1.54, 1.807) is 6.08 Å². The Morgan fingerprint density at radius 1 is 1.07 bits per heavy atom. The minimum absolute atomic E-state index is 0.656. The summed E-state index contributed by atoms with van der Waals surface area (Å²) in [7, 11) is -1.06. The molecule has 0 heterocycles. The van der Waals surface area contributed by atoms with E-state index >= 15 is 0 Å². The van der Waals surface area contributed by atoms with Gasteiger partial charge < -0.3 is 4.74 Å². The van der Waals surface area contributed by atoms with E-state index in [2.05, 4.69) is 39.1 Å². The molecule has 2 heteroatoms. The van der Waals surface area contributed by atoms with Gasteiger partial charge in [0.05, 0.1) is 21.3 Å². The molecule has 0 aromatic heterocycles. The number of ether oxygens (including phenoxy) is 1. The summed E-state index contributed by atoms with van der Waals surface area (Å²) in [5.41, 5.74) is 2.45. The van der Waals surface area contributed by atoms with Crippen LogP contribution < -0.4 is 0 Å². The van der Waals surface area contributed by atoms with Crippen LogP contribution in [0.15, 0.2) is 24.4 Å². The Balaban J connectivity index is 3.95. The smallest absolute Gasteiger partial charge is 0.0767 e. The van der Waals surface area contributed by atoms with E-state index in [4.69, 9.17) is 4.74 Å². The van der Waals surface area contributed by atoms with Gasteiger partial charge in [-0.1, -0.05) is 56.8 Å². The van der Waals surface area contributed by atoms with Crippen LogP contribution in [0, 0.1) is 0 Å². The van der Waals surface area contributed by atoms with Crippen LogP contribution in [0.3, 0.4) is 0 Å². The van der Waals surface area contributed by atoms with Crippen molar-refractivity contribution in [1.29, 1.82) is 0 Å². The van der Waals surface area contributed by atoms with Crippen molar-refractivity contribution in [3.05, 3.63) is 24.4 Å². The number of hydrogen-bond acceptors (Lipinski definition) is 1. The molecular formula is C12H24OSi. The van der Waals surface area contributed by atoms with E-state index < -0.39 is 8.07 Å². The second kappa shape index (κ2) is 8.01. The van der Waals surface area contributed by atoms with Gasteiger partial charge >= 0.3 is 0 Å². The van der Waals surface area contributed by atoms with Gasteiger partial charge in [-0.2, -0.15) is 0 Å². The van der Waals surface area contributed by atoms with Crippen LogP contribution in [0.1, 0.15) is 20.8 Å². The first-order valence-electron chi connectivity index (χ1n) is 5.61. The molecule has 0 aromatic carbocycles. The first-order chi connectivity index (χ1) is 6.74. The zero-order valence-electron chi connectivity index (χ0n) is 9.88. The first kappa shape index (κ1) is 13.7. The largest absolute Gasteiger partial charge is 0.373 e. The third-order valence-corrected chi connectivity index (χ3v) is 8.20. The van der Waals surface area contributed by atoms with Crippen molar-refractivity contribution < 1.29 is 4.74 Å². The Bertz CT molecular complexity index is 163. The summed E-state index contributed by atoms with van der Waals surface area (Å²) < 4.78 is 5.33. The van der Waals surface area contributed by atoms with Crippen molar-refractivity contribution >= 4 is 8.07 Å². The molecule has 0 rings (SSSR count). The Hall–Kier alpha value is -0.343. The molecule has 0 saturated carbocycles. The molecule has 0 bridgehead atoms. The van der Waals surface area contributed by atoms with Crippen molar-refractivity contribution in [2.45, 2.75) is 38.9 Å². The molecule has 82 valence electrons. The monoisotopic (exact) mass is 212 g/mol. The van der Waals surface area contributed by atoms with Crippen molar-refractivity contribution in [3.8, 4) is 0 Å². The van der Waals surface area contributed by atoms with Gasteiger partial charge in [-0.05, 0) is 0 Å². The van der Waals surface area contributed by atoms with Gasteiger partial charge in [-0.3, -0.25) is 0 Å². The van der Waals surface area contributed by atoms with Crippen LogP contribution in [0.4, 0.5) is 0 Å². The highest BCUT2D eigenvalue weighted by Crippen LogP contribution is 2.21. The maximum atomic E-state index is 5.33. The van der Waals surface area contributed by atoms with Crippen LogP contribution in [0.25, 0.3) is 0 Å². The summed E-state index contributed by atoms with van der Waals surface area (Å²) in [5, 5.41) is 0. The van der Waals surface area contributed by atoms with E-state index in [9.17, 15) is 0 Å². The topological polar surface area (TPSA) is 9.23 Å². The average Bonchev–Trinajstić information content (AvgIpc) is 2.24. The summed E-state index contributed by atoms with van der Waals surface area (Å²) in [6, 6.07) is 4.04. The average molecular weight is 212 g/mol. The molecule has 0 aliphatic rings. The van der Waals surface area contributed by atoms with Gasteiger partial charge in [0.1, 0.15) is 0 Å². The van der Waals surface area contributed by atoms with Crippen molar-refractivity contribution in [2.24, 2.45) is 0 Å². The third-order valence-electron chi connectivity index (χ3n) is 3.03. The van der Waals surface area contributed by atoms with E-state index in [1.165, 1.54) is 18.1 Å². The first-order valence-corrected chi connectivity index (χ1v) is 8.30. The molecule has 0 saturated heterocycles. The van der Waals surface area contributed by atoms with Crippen LogP contribution in [0.2, 0.25) is 18.1 Å². The minimum Gasteiger partial charge on any atom is -0.373 e.